The number of β-amino-alcohol motifs (C(OH)–C–C–N with tert-alkyl or cyclic N) is 1. The van der Waals surface area contributed by atoms with Gasteiger partial charge in [-0.05, 0) is 30.2 Å². The van der Waals surface area contributed by atoms with E-state index in [1.807, 2.05) is 24.3 Å². The zero-order chi connectivity index (χ0) is 23.4. The molecule has 3 aromatic rings. The molecule has 1 N–H and O–H groups in total. The summed E-state index contributed by atoms with van der Waals surface area (Å²) < 4.78 is 10.2. The van der Waals surface area contributed by atoms with E-state index in [2.05, 4.69) is 15.0 Å². The van der Waals surface area contributed by atoms with Crippen molar-refractivity contribution in [2.75, 3.05) is 26.7 Å². The van der Waals surface area contributed by atoms with Gasteiger partial charge in [0.25, 0.3) is 0 Å². The van der Waals surface area contributed by atoms with Crippen LogP contribution < -0.4 is 0 Å². The number of rotatable bonds is 6. The molecule has 2 aromatic carbocycles. The first-order chi connectivity index (χ1) is 15.9. The highest BCUT2D eigenvalue weighted by Crippen LogP contribution is 2.27. The van der Waals surface area contributed by atoms with Crippen LogP contribution in [0, 0.1) is 6.92 Å². The van der Waals surface area contributed by atoms with Gasteiger partial charge in [-0.15, -0.1) is 0 Å². The average molecular weight is 450 g/mol. The van der Waals surface area contributed by atoms with Gasteiger partial charge in [-0.2, -0.15) is 4.98 Å². The number of aromatic nitrogens is 2. The molecule has 0 unspecified atom stereocenters. The van der Waals surface area contributed by atoms with Gasteiger partial charge in [0.1, 0.15) is 0 Å². The third kappa shape index (κ3) is 5.44. The molecule has 33 heavy (non-hydrogen) atoms. The maximum atomic E-state index is 12.9. The molecule has 4 rings (SSSR count). The Morgan fingerprint density at radius 2 is 2.03 bits per heavy atom. The van der Waals surface area contributed by atoms with E-state index in [9.17, 15) is 14.7 Å². The van der Waals surface area contributed by atoms with Crippen molar-refractivity contribution in [3.8, 4) is 11.4 Å². The van der Waals surface area contributed by atoms with Gasteiger partial charge in [0.2, 0.25) is 11.7 Å². The molecule has 0 spiro atoms. The SMILES string of the molecule is Cc1nc(-c2cccc([C@@H](CN3CC[C@H](O)C3)N(C)C(=O)OC(=O)c3ccccc3)c2)no1. The summed E-state index contributed by atoms with van der Waals surface area (Å²) in [5.74, 6) is 0.200. The summed E-state index contributed by atoms with van der Waals surface area (Å²) >= 11 is 0. The molecule has 1 aliphatic rings. The number of aryl methyl sites for hydroxylation is 1. The number of carbonyl (C=O) groups excluding carboxylic acids is 2. The number of aliphatic hydroxyl groups excluding tert-OH is 1. The van der Waals surface area contributed by atoms with Crippen LogP contribution in [0.5, 0.6) is 0 Å². The second-order valence-corrected chi connectivity index (χ2v) is 8.11. The van der Waals surface area contributed by atoms with Gasteiger partial charge >= 0.3 is 12.1 Å². The number of aliphatic hydroxyl groups is 1. The Morgan fingerprint density at radius 3 is 2.70 bits per heavy atom. The van der Waals surface area contributed by atoms with E-state index in [1.54, 1.807) is 44.3 Å². The Bertz CT molecular complexity index is 1120. The predicted octanol–water partition coefficient (Wildman–Crippen LogP) is 3.06. The lowest BCUT2D eigenvalue weighted by molar-refractivity contribution is 0.0512. The zero-order valence-electron chi connectivity index (χ0n) is 18.5. The van der Waals surface area contributed by atoms with Crippen LogP contribution in [0.3, 0.4) is 0 Å². The first-order valence-corrected chi connectivity index (χ1v) is 10.8. The smallest absolute Gasteiger partial charge is 0.392 e. The summed E-state index contributed by atoms with van der Waals surface area (Å²) in [6.45, 7) is 3.42. The standard InChI is InChI=1S/C24H26N4O5/c1-16-25-22(26-33-16)19-10-6-9-18(13-19)21(15-28-12-11-20(29)14-28)27(2)24(31)32-23(30)17-7-4-3-5-8-17/h3-10,13,20-21,29H,11-12,14-15H2,1-2H3/t20-,21+/m0/s1. The van der Waals surface area contributed by atoms with E-state index in [0.717, 1.165) is 11.1 Å². The van der Waals surface area contributed by atoms with Gasteiger partial charge in [0.05, 0.1) is 17.7 Å². The minimum absolute atomic E-state index is 0.299. The molecule has 2 heterocycles. The Labute approximate surface area is 191 Å². The van der Waals surface area contributed by atoms with Crippen molar-refractivity contribution >= 4 is 12.1 Å². The van der Waals surface area contributed by atoms with Gasteiger partial charge in [0, 0.05) is 39.2 Å². The number of nitrogens with zero attached hydrogens (tertiary/aromatic N) is 4. The van der Waals surface area contributed by atoms with Crippen molar-refractivity contribution in [2.45, 2.75) is 25.5 Å². The fourth-order valence-corrected chi connectivity index (χ4v) is 3.89. The fourth-order valence-electron chi connectivity index (χ4n) is 3.89. The summed E-state index contributed by atoms with van der Waals surface area (Å²) in [4.78, 5) is 33.1. The van der Waals surface area contributed by atoms with E-state index in [4.69, 9.17) is 9.26 Å². The number of amides is 1. The van der Waals surface area contributed by atoms with Crippen LogP contribution in [0.2, 0.25) is 0 Å². The van der Waals surface area contributed by atoms with Crippen molar-refractivity contribution in [3.05, 3.63) is 71.6 Å². The van der Waals surface area contributed by atoms with Crippen molar-refractivity contribution in [2.24, 2.45) is 0 Å². The maximum absolute atomic E-state index is 12.9. The first kappa shape index (κ1) is 22.6. The normalized spacial score (nSPS) is 17.0. The number of benzene rings is 2. The number of likely N-dealkylation sites (tertiary alicyclic amines) is 1. The minimum atomic E-state index is -0.755. The van der Waals surface area contributed by atoms with E-state index in [0.29, 0.717) is 43.3 Å². The minimum Gasteiger partial charge on any atom is -0.392 e. The van der Waals surface area contributed by atoms with Crippen molar-refractivity contribution in [3.63, 3.8) is 0 Å². The molecule has 0 aliphatic carbocycles. The van der Waals surface area contributed by atoms with Crippen molar-refractivity contribution in [1.29, 1.82) is 0 Å². The summed E-state index contributed by atoms with van der Waals surface area (Å²) in [6, 6.07) is 15.5. The fraction of sp³-hybridized carbons (Fsp3) is 0.333. The highest BCUT2D eigenvalue weighted by atomic mass is 16.6. The molecule has 1 saturated heterocycles. The van der Waals surface area contributed by atoms with Crippen LogP contribution in [0.25, 0.3) is 11.4 Å². The molecule has 0 radical (unpaired) electrons. The van der Waals surface area contributed by atoms with Crippen LogP contribution >= 0.6 is 0 Å². The number of ether oxygens (including phenoxy) is 1. The lowest BCUT2D eigenvalue weighted by atomic mass is 10.0. The monoisotopic (exact) mass is 450 g/mol. The quantitative estimate of drug-likeness (QED) is 0.451. The van der Waals surface area contributed by atoms with E-state index in [1.165, 1.54) is 4.90 Å². The third-order valence-corrected chi connectivity index (χ3v) is 5.68. The summed E-state index contributed by atoms with van der Waals surface area (Å²) in [5.41, 5.74) is 1.87. The van der Waals surface area contributed by atoms with Gasteiger partial charge in [-0.3, -0.25) is 4.90 Å². The topological polar surface area (TPSA) is 109 Å². The highest BCUT2D eigenvalue weighted by molar-refractivity contribution is 5.96. The van der Waals surface area contributed by atoms with Crippen LogP contribution in [-0.4, -0.2) is 69.9 Å². The maximum Gasteiger partial charge on any atom is 0.418 e. The van der Waals surface area contributed by atoms with Crippen molar-refractivity contribution in [1.82, 2.24) is 19.9 Å². The summed E-state index contributed by atoms with van der Waals surface area (Å²) in [6.07, 6.45) is -0.471. The van der Waals surface area contributed by atoms with E-state index < -0.39 is 24.2 Å². The molecule has 1 aliphatic heterocycles. The Kier molecular flexibility index (Phi) is 6.81. The lowest BCUT2D eigenvalue weighted by Gasteiger charge is -2.31. The highest BCUT2D eigenvalue weighted by Gasteiger charge is 2.30. The van der Waals surface area contributed by atoms with Gasteiger partial charge < -0.3 is 19.3 Å². The number of likely N-dealkylation sites (N-methyl/N-ethyl adjacent to an activating group) is 1. The van der Waals surface area contributed by atoms with Crippen LogP contribution in [0.1, 0.15) is 34.3 Å². The van der Waals surface area contributed by atoms with Crippen molar-refractivity contribution < 1.29 is 24.0 Å². The van der Waals surface area contributed by atoms with Gasteiger partial charge in [-0.1, -0.05) is 41.6 Å². The van der Waals surface area contributed by atoms with E-state index in [-0.39, 0.29) is 0 Å². The molecule has 2 atom stereocenters. The number of esters is 1. The third-order valence-electron chi connectivity index (χ3n) is 5.68. The molecule has 1 amide bonds. The molecule has 9 nitrogen and oxygen atoms in total. The van der Waals surface area contributed by atoms with Crippen LogP contribution in [0.4, 0.5) is 4.79 Å². The molecule has 9 heteroatoms. The number of hydrogen-bond acceptors (Lipinski definition) is 8. The van der Waals surface area contributed by atoms with Gasteiger partial charge in [0.15, 0.2) is 0 Å². The molecule has 0 saturated carbocycles. The van der Waals surface area contributed by atoms with Crippen LogP contribution in [-0.2, 0) is 4.74 Å². The molecular weight excluding hydrogens is 424 g/mol. The van der Waals surface area contributed by atoms with Gasteiger partial charge in [-0.25, -0.2) is 9.59 Å². The molecule has 1 aromatic heterocycles. The number of hydrogen-bond donors (Lipinski definition) is 1. The number of carbonyl (C=O) groups is 2. The first-order valence-electron chi connectivity index (χ1n) is 10.8. The zero-order valence-corrected chi connectivity index (χ0v) is 18.5. The molecule has 172 valence electrons. The summed E-state index contributed by atoms with van der Waals surface area (Å²) in [7, 11) is 1.60. The Hall–Kier alpha value is -3.56. The second kappa shape index (κ2) is 9.93. The predicted molar refractivity (Wildman–Crippen MR) is 119 cm³/mol. The Morgan fingerprint density at radius 1 is 1.24 bits per heavy atom. The second-order valence-electron chi connectivity index (χ2n) is 8.11. The molecular formula is C24H26N4O5. The van der Waals surface area contributed by atoms with Crippen LogP contribution in [0.15, 0.2) is 59.1 Å². The average Bonchev–Trinajstić information content (AvgIpc) is 3.45. The summed E-state index contributed by atoms with van der Waals surface area (Å²) in [5, 5.41) is 13.9. The largest absolute Gasteiger partial charge is 0.418 e. The molecule has 1 fully saturated rings. The lowest BCUT2D eigenvalue weighted by Crippen LogP contribution is -2.40. The Balaban J connectivity index is 1.58. The van der Waals surface area contributed by atoms with E-state index >= 15 is 0 Å². The molecule has 0 bridgehead atoms.